The molecule has 3 heterocycles. The molecule has 0 aromatic carbocycles. The Morgan fingerprint density at radius 3 is 2.83 bits per heavy atom. The first kappa shape index (κ1) is 20.0. The molecule has 2 aliphatic heterocycles. The molecule has 3 atom stereocenters. The fourth-order valence-electron chi connectivity index (χ4n) is 4.67. The van der Waals surface area contributed by atoms with E-state index in [2.05, 4.69) is 18.8 Å². The molecule has 3 aliphatic rings. The number of nitrogens with zero attached hydrogens (tertiary/aromatic N) is 2. The Morgan fingerprint density at radius 1 is 1.31 bits per heavy atom. The predicted molar refractivity (Wildman–Crippen MR) is 109 cm³/mol. The molecule has 154 valence electrons. The van der Waals surface area contributed by atoms with Crippen molar-refractivity contribution in [2.75, 3.05) is 13.2 Å². The third kappa shape index (κ3) is 4.04. The molecule has 0 radical (unpaired) electrons. The highest BCUT2D eigenvalue weighted by atomic mass is 16.6. The number of hydrogen-bond donors (Lipinski definition) is 0. The Hall–Kier alpha value is -2.34. The second-order valence-corrected chi connectivity index (χ2v) is 9.03. The lowest BCUT2D eigenvalue weighted by Crippen LogP contribution is -2.40. The fraction of sp³-hybridized carbons (Fsp3) is 0.565. The number of allylic oxidation sites excluding steroid dienone is 2. The first-order chi connectivity index (χ1) is 13.9. The number of carbonyl (C=O) groups excluding carboxylic acids is 2. The summed E-state index contributed by atoms with van der Waals surface area (Å²) >= 11 is 0. The Bertz CT molecular complexity index is 866. The van der Waals surface area contributed by atoms with Gasteiger partial charge in [0.2, 0.25) is 0 Å². The normalized spacial score (nSPS) is 28.7. The number of ketones is 1. The van der Waals surface area contributed by atoms with Gasteiger partial charge >= 0.3 is 5.97 Å². The van der Waals surface area contributed by atoms with E-state index in [1.807, 2.05) is 25.1 Å². The highest BCUT2D eigenvalue weighted by molar-refractivity contribution is 6.08. The van der Waals surface area contributed by atoms with Gasteiger partial charge in [0, 0.05) is 41.9 Å². The minimum atomic E-state index is -0.643. The summed E-state index contributed by atoms with van der Waals surface area (Å²) in [5, 5.41) is 0. The zero-order chi connectivity index (χ0) is 20.6. The lowest BCUT2D eigenvalue weighted by molar-refractivity contribution is -0.149. The average molecular weight is 396 g/mol. The number of esters is 1. The van der Waals surface area contributed by atoms with Crippen molar-refractivity contribution in [3.63, 3.8) is 0 Å². The molecule has 0 saturated carbocycles. The number of pyridine rings is 1. The van der Waals surface area contributed by atoms with Gasteiger partial charge in [-0.2, -0.15) is 0 Å². The van der Waals surface area contributed by atoms with Gasteiger partial charge < -0.3 is 9.47 Å². The van der Waals surface area contributed by atoms with Crippen molar-refractivity contribution in [2.45, 2.75) is 58.5 Å². The molecule has 0 bridgehead atoms. The van der Waals surface area contributed by atoms with Crippen molar-refractivity contribution >= 4 is 17.5 Å². The summed E-state index contributed by atoms with van der Waals surface area (Å²) in [7, 11) is 0. The molecule has 1 aromatic heterocycles. The monoisotopic (exact) mass is 396 g/mol. The van der Waals surface area contributed by atoms with Crippen LogP contribution in [0.25, 0.3) is 0 Å². The van der Waals surface area contributed by atoms with Gasteiger partial charge in [-0.05, 0) is 43.7 Å². The van der Waals surface area contributed by atoms with E-state index in [0.717, 1.165) is 18.5 Å². The van der Waals surface area contributed by atoms with E-state index in [1.165, 1.54) is 0 Å². The van der Waals surface area contributed by atoms with Crippen molar-refractivity contribution in [2.24, 2.45) is 16.3 Å². The molecular formula is C23H28N2O4. The van der Waals surface area contributed by atoms with Crippen molar-refractivity contribution in [3.8, 4) is 0 Å². The number of hydrogen-bond acceptors (Lipinski definition) is 6. The first-order valence-electron chi connectivity index (χ1n) is 10.4. The van der Waals surface area contributed by atoms with Gasteiger partial charge in [0.05, 0.1) is 12.0 Å². The van der Waals surface area contributed by atoms with Crippen molar-refractivity contribution in [1.82, 2.24) is 4.98 Å². The van der Waals surface area contributed by atoms with Crippen LogP contribution in [0.2, 0.25) is 0 Å². The van der Waals surface area contributed by atoms with E-state index >= 15 is 0 Å². The molecule has 1 aromatic rings. The lowest BCUT2D eigenvalue weighted by Gasteiger charge is -2.38. The van der Waals surface area contributed by atoms with Crippen LogP contribution in [0.4, 0.5) is 0 Å². The third-order valence-corrected chi connectivity index (χ3v) is 6.00. The topological polar surface area (TPSA) is 77.9 Å². The largest absolute Gasteiger partial charge is 0.462 e. The van der Waals surface area contributed by atoms with Crippen LogP contribution in [-0.2, 0) is 19.1 Å². The van der Waals surface area contributed by atoms with E-state index in [0.29, 0.717) is 36.4 Å². The third-order valence-electron chi connectivity index (χ3n) is 6.00. The van der Waals surface area contributed by atoms with E-state index < -0.39 is 11.8 Å². The summed E-state index contributed by atoms with van der Waals surface area (Å²) in [5.74, 6) is -1.40. The second-order valence-electron chi connectivity index (χ2n) is 9.03. The Kier molecular flexibility index (Phi) is 5.38. The zero-order valence-corrected chi connectivity index (χ0v) is 17.3. The Labute approximate surface area is 171 Å². The molecule has 1 fully saturated rings. The smallest absolute Gasteiger partial charge is 0.315 e. The average Bonchev–Trinajstić information content (AvgIpc) is 3.18. The number of rotatable bonds is 4. The summed E-state index contributed by atoms with van der Waals surface area (Å²) in [6.07, 6.45) is 4.71. The van der Waals surface area contributed by atoms with Gasteiger partial charge in [0.15, 0.2) is 5.78 Å². The van der Waals surface area contributed by atoms with Crippen LogP contribution >= 0.6 is 0 Å². The van der Waals surface area contributed by atoms with E-state index in [9.17, 15) is 9.59 Å². The van der Waals surface area contributed by atoms with Crippen molar-refractivity contribution in [1.29, 1.82) is 0 Å². The van der Waals surface area contributed by atoms with Crippen LogP contribution in [0, 0.1) is 11.3 Å². The van der Waals surface area contributed by atoms with Gasteiger partial charge in [-0.1, -0.05) is 19.9 Å². The standard InChI is InChI=1S/C23H28N2O4/c1-14-19(22(27)29-13-15-7-6-10-28-15)21(16-8-4-5-9-24-16)20-17(25-14)11-23(2,3)12-18(20)26/h4-5,8-9,15,19,21H,6-7,10-13H2,1-3H3/t15-,19?,21+/m0/s1. The summed E-state index contributed by atoms with van der Waals surface area (Å²) in [6.45, 7) is 6.96. The minimum Gasteiger partial charge on any atom is -0.462 e. The number of aromatic nitrogens is 1. The van der Waals surface area contributed by atoms with Gasteiger partial charge in [-0.25, -0.2) is 0 Å². The molecule has 4 rings (SSSR count). The molecule has 1 aliphatic carbocycles. The van der Waals surface area contributed by atoms with Crippen LogP contribution in [0.3, 0.4) is 0 Å². The second kappa shape index (κ2) is 7.82. The summed E-state index contributed by atoms with van der Waals surface area (Å²) < 4.78 is 11.2. The molecule has 6 heteroatoms. The maximum absolute atomic E-state index is 13.1. The SMILES string of the molecule is CC1=NC2=C(C(=O)CC(C)(C)C2)[C@H](c2ccccn2)C1C(=O)OC[C@@H]1CCCO1. The van der Waals surface area contributed by atoms with Crippen LogP contribution in [0.15, 0.2) is 40.7 Å². The first-order valence-corrected chi connectivity index (χ1v) is 10.4. The molecule has 0 amide bonds. The van der Waals surface area contributed by atoms with Gasteiger partial charge in [-0.15, -0.1) is 0 Å². The Morgan fingerprint density at radius 2 is 2.14 bits per heavy atom. The Balaban J connectivity index is 1.69. The summed E-state index contributed by atoms with van der Waals surface area (Å²) in [4.78, 5) is 35.5. The van der Waals surface area contributed by atoms with Gasteiger partial charge in [-0.3, -0.25) is 19.6 Å². The molecule has 29 heavy (non-hydrogen) atoms. The molecule has 1 saturated heterocycles. The number of ether oxygens (including phenoxy) is 2. The lowest BCUT2D eigenvalue weighted by atomic mass is 9.67. The molecule has 0 N–H and O–H groups in total. The van der Waals surface area contributed by atoms with Gasteiger partial charge in [0.25, 0.3) is 0 Å². The molecule has 6 nitrogen and oxygen atoms in total. The van der Waals surface area contributed by atoms with Crippen LogP contribution < -0.4 is 0 Å². The maximum atomic E-state index is 13.1. The minimum absolute atomic E-state index is 0.0417. The summed E-state index contributed by atoms with van der Waals surface area (Å²) in [6, 6.07) is 5.59. The quantitative estimate of drug-likeness (QED) is 0.727. The number of aliphatic imine (C=N–C) groups is 1. The van der Waals surface area contributed by atoms with E-state index in [-0.39, 0.29) is 29.9 Å². The van der Waals surface area contributed by atoms with E-state index in [1.54, 1.807) is 6.20 Å². The number of Topliss-reactive ketones (excluding diaryl/α,β-unsaturated/α-hetero) is 1. The van der Waals surface area contributed by atoms with Gasteiger partial charge in [0.1, 0.15) is 12.5 Å². The van der Waals surface area contributed by atoms with Crippen LogP contribution in [0.1, 0.15) is 58.1 Å². The number of carbonyl (C=O) groups is 2. The highest BCUT2D eigenvalue weighted by Gasteiger charge is 2.46. The van der Waals surface area contributed by atoms with Crippen molar-refractivity contribution < 1.29 is 19.1 Å². The molecular weight excluding hydrogens is 368 g/mol. The highest BCUT2D eigenvalue weighted by Crippen LogP contribution is 2.47. The van der Waals surface area contributed by atoms with Crippen LogP contribution in [0.5, 0.6) is 0 Å². The predicted octanol–water partition coefficient (Wildman–Crippen LogP) is 3.62. The summed E-state index contributed by atoms with van der Waals surface area (Å²) in [5.41, 5.74) is 2.68. The van der Waals surface area contributed by atoms with Crippen molar-refractivity contribution in [3.05, 3.63) is 41.4 Å². The fourth-order valence-corrected chi connectivity index (χ4v) is 4.67. The zero-order valence-electron chi connectivity index (χ0n) is 17.3. The van der Waals surface area contributed by atoms with E-state index in [4.69, 9.17) is 14.5 Å². The van der Waals surface area contributed by atoms with Crippen LogP contribution in [-0.4, -0.2) is 41.8 Å². The molecule has 0 spiro atoms. The molecule has 1 unspecified atom stereocenters. The maximum Gasteiger partial charge on any atom is 0.315 e.